The van der Waals surface area contributed by atoms with E-state index in [9.17, 15) is 0 Å². The summed E-state index contributed by atoms with van der Waals surface area (Å²) >= 11 is 0. The van der Waals surface area contributed by atoms with E-state index in [2.05, 4.69) is 143 Å². The highest BCUT2D eigenvalue weighted by Crippen LogP contribution is 2.43. The molecule has 0 atom stereocenters. The minimum atomic E-state index is 0.768. The van der Waals surface area contributed by atoms with E-state index < -0.39 is 0 Å². The predicted molar refractivity (Wildman–Crippen MR) is 175 cm³/mol. The molecular weight excluding hydrogens is 512 g/mol. The largest absolute Gasteiger partial charge is 0.454 e. The average molecular weight is 539 g/mol. The predicted octanol–water partition coefficient (Wildman–Crippen LogP) is 10.9. The molecule has 0 amide bonds. The van der Waals surface area contributed by atoms with E-state index in [1.165, 1.54) is 27.6 Å². The van der Waals surface area contributed by atoms with Gasteiger partial charge < -0.3 is 9.32 Å². The third kappa shape index (κ3) is 4.20. The standard InChI is InChI=1S/C39H26N2O/c1-3-9-27(10-4-1)29-15-19-33(20-16-29)41(34-21-17-30(18-22-34)28-11-5-2-6-12-28)36-25-40-26-38-39(36)35-23-31-13-7-8-14-32(31)24-37(35)42-38/h1-26H. The van der Waals surface area contributed by atoms with Crippen molar-refractivity contribution >= 4 is 49.8 Å². The van der Waals surface area contributed by atoms with Crippen LogP contribution in [0.2, 0.25) is 0 Å². The van der Waals surface area contributed by atoms with Crippen molar-refractivity contribution in [3.8, 4) is 22.3 Å². The number of aromatic nitrogens is 1. The van der Waals surface area contributed by atoms with Gasteiger partial charge in [-0.25, -0.2) is 0 Å². The van der Waals surface area contributed by atoms with E-state index in [1.807, 2.05) is 24.5 Å². The fraction of sp³-hybridized carbons (Fsp3) is 0. The molecule has 0 radical (unpaired) electrons. The van der Waals surface area contributed by atoms with E-state index in [0.717, 1.165) is 44.4 Å². The number of anilines is 3. The summed E-state index contributed by atoms with van der Waals surface area (Å²) in [6, 6.07) is 51.2. The molecule has 0 aliphatic rings. The van der Waals surface area contributed by atoms with Gasteiger partial charge in [0.1, 0.15) is 5.58 Å². The summed E-state index contributed by atoms with van der Waals surface area (Å²) in [7, 11) is 0. The van der Waals surface area contributed by atoms with Crippen LogP contribution in [0.1, 0.15) is 0 Å². The Labute approximate surface area is 243 Å². The molecule has 0 spiro atoms. The first kappa shape index (κ1) is 24.2. The minimum Gasteiger partial charge on any atom is -0.454 e. The van der Waals surface area contributed by atoms with Gasteiger partial charge in [0.05, 0.1) is 23.5 Å². The first-order chi connectivity index (χ1) is 20.8. The zero-order chi connectivity index (χ0) is 27.9. The lowest BCUT2D eigenvalue weighted by Crippen LogP contribution is -2.10. The Kier molecular flexibility index (Phi) is 5.79. The first-order valence-electron chi connectivity index (χ1n) is 14.1. The van der Waals surface area contributed by atoms with Crippen molar-refractivity contribution in [3.05, 3.63) is 158 Å². The van der Waals surface area contributed by atoms with Crippen LogP contribution in [0.4, 0.5) is 17.1 Å². The molecule has 8 rings (SSSR count). The summed E-state index contributed by atoms with van der Waals surface area (Å²) in [4.78, 5) is 6.93. The fourth-order valence-corrected chi connectivity index (χ4v) is 5.86. The van der Waals surface area contributed by atoms with Crippen molar-refractivity contribution in [2.75, 3.05) is 4.90 Å². The molecule has 0 saturated carbocycles. The second-order valence-corrected chi connectivity index (χ2v) is 10.5. The smallest absolute Gasteiger partial charge is 0.155 e. The first-order valence-corrected chi connectivity index (χ1v) is 14.1. The molecular formula is C39H26N2O. The minimum absolute atomic E-state index is 0.768. The van der Waals surface area contributed by atoms with Gasteiger partial charge in [0.25, 0.3) is 0 Å². The summed E-state index contributed by atoms with van der Waals surface area (Å²) in [6.07, 6.45) is 3.77. The van der Waals surface area contributed by atoms with E-state index in [1.54, 1.807) is 0 Å². The number of benzene rings is 6. The molecule has 6 aromatic carbocycles. The fourth-order valence-electron chi connectivity index (χ4n) is 5.86. The Morgan fingerprint density at radius 1 is 0.452 bits per heavy atom. The molecule has 3 heteroatoms. The van der Waals surface area contributed by atoms with Gasteiger partial charge >= 0.3 is 0 Å². The van der Waals surface area contributed by atoms with Crippen LogP contribution in [0, 0.1) is 0 Å². The highest BCUT2D eigenvalue weighted by Gasteiger charge is 2.20. The van der Waals surface area contributed by atoms with Crippen molar-refractivity contribution in [3.63, 3.8) is 0 Å². The number of furan rings is 1. The molecule has 3 nitrogen and oxygen atoms in total. The zero-order valence-corrected chi connectivity index (χ0v) is 22.8. The van der Waals surface area contributed by atoms with E-state index >= 15 is 0 Å². The molecule has 0 N–H and O–H groups in total. The maximum atomic E-state index is 6.39. The van der Waals surface area contributed by atoms with Crippen molar-refractivity contribution < 1.29 is 4.42 Å². The molecule has 42 heavy (non-hydrogen) atoms. The van der Waals surface area contributed by atoms with Crippen LogP contribution in [-0.4, -0.2) is 4.98 Å². The molecule has 0 unspecified atom stereocenters. The zero-order valence-electron chi connectivity index (χ0n) is 22.8. The Morgan fingerprint density at radius 2 is 0.952 bits per heavy atom. The van der Waals surface area contributed by atoms with Gasteiger partial charge in [-0.15, -0.1) is 0 Å². The molecule has 198 valence electrons. The summed E-state index contributed by atoms with van der Waals surface area (Å²) in [5.41, 5.74) is 9.44. The number of fused-ring (bicyclic) bond motifs is 4. The van der Waals surface area contributed by atoms with E-state index in [0.29, 0.717) is 0 Å². The van der Waals surface area contributed by atoms with E-state index in [-0.39, 0.29) is 0 Å². The number of hydrogen-bond acceptors (Lipinski definition) is 3. The average Bonchev–Trinajstić information content (AvgIpc) is 3.43. The molecule has 2 heterocycles. The van der Waals surface area contributed by atoms with Gasteiger partial charge in [0.15, 0.2) is 5.58 Å². The van der Waals surface area contributed by atoms with Crippen LogP contribution in [0.5, 0.6) is 0 Å². The van der Waals surface area contributed by atoms with Crippen LogP contribution < -0.4 is 4.90 Å². The normalized spacial score (nSPS) is 11.3. The van der Waals surface area contributed by atoms with Crippen LogP contribution in [0.25, 0.3) is 55.0 Å². The van der Waals surface area contributed by atoms with E-state index in [4.69, 9.17) is 4.42 Å². The van der Waals surface area contributed by atoms with Crippen LogP contribution >= 0.6 is 0 Å². The number of pyridine rings is 1. The molecule has 0 aliphatic heterocycles. The van der Waals surface area contributed by atoms with Crippen molar-refractivity contribution in [2.24, 2.45) is 0 Å². The van der Waals surface area contributed by atoms with Gasteiger partial charge in [-0.2, -0.15) is 0 Å². The number of nitrogens with zero attached hydrogens (tertiary/aromatic N) is 2. The summed E-state index contributed by atoms with van der Waals surface area (Å²) < 4.78 is 6.39. The Bertz CT molecular complexity index is 2080. The van der Waals surface area contributed by atoms with Crippen LogP contribution in [-0.2, 0) is 0 Å². The quantitative estimate of drug-likeness (QED) is 0.218. The van der Waals surface area contributed by atoms with Crippen molar-refractivity contribution in [1.82, 2.24) is 4.98 Å². The maximum Gasteiger partial charge on any atom is 0.155 e. The van der Waals surface area contributed by atoms with Gasteiger partial charge in [0, 0.05) is 16.8 Å². The Balaban J connectivity index is 1.33. The third-order valence-electron chi connectivity index (χ3n) is 7.93. The monoisotopic (exact) mass is 538 g/mol. The second-order valence-electron chi connectivity index (χ2n) is 10.5. The molecule has 8 aromatic rings. The molecule has 0 fully saturated rings. The highest BCUT2D eigenvalue weighted by molar-refractivity contribution is 6.16. The van der Waals surface area contributed by atoms with Crippen LogP contribution in [0.3, 0.4) is 0 Å². The molecule has 2 aromatic heterocycles. The topological polar surface area (TPSA) is 29.3 Å². The van der Waals surface area contributed by atoms with Crippen molar-refractivity contribution in [2.45, 2.75) is 0 Å². The number of hydrogen-bond donors (Lipinski definition) is 0. The van der Waals surface area contributed by atoms with Gasteiger partial charge in [-0.3, -0.25) is 4.98 Å². The van der Waals surface area contributed by atoms with Gasteiger partial charge in [-0.1, -0.05) is 109 Å². The summed E-state index contributed by atoms with van der Waals surface area (Å²) in [6.45, 7) is 0. The second kappa shape index (κ2) is 10.1. The lowest BCUT2D eigenvalue weighted by Gasteiger charge is -2.26. The van der Waals surface area contributed by atoms with Crippen molar-refractivity contribution in [1.29, 1.82) is 0 Å². The Hall–Kier alpha value is -5.67. The molecule has 0 aliphatic carbocycles. The van der Waals surface area contributed by atoms with Gasteiger partial charge in [-0.05, 0) is 69.4 Å². The molecule has 0 saturated heterocycles. The Morgan fingerprint density at radius 3 is 1.52 bits per heavy atom. The highest BCUT2D eigenvalue weighted by atomic mass is 16.3. The van der Waals surface area contributed by atoms with Crippen LogP contribution in [0.15, 0.2) is 162 Å². The number of rotatable bonds is 5. The lowest BCUT2D eigenvalue weighted by atomic mass is 10.0. The summed E-state index contributed by atoms with van der Waals surface area (Å²) in [5, 5.41) is 4.46. The molecule has 0 bridgehead atoms. The SMILES string of the molecule is c1ccc(-c2ccc(N(c3ccc(-c4ccccc4)cc3)c3cncc4oc5cc6ccccc6cc5c34)cc2)cc1. The lowest BCUT2D eigenvalue weighted by molar-refractivity contribution is 0.667. The maximum absolute atomic E-state index is 6.39. The summed E-state index contributed by atoms with van der Waals surface area (Å²) in [5.74, 6) is 0. The third-order valence-corrected chi connectivity index (χ3v) is 7.93. The van der Waals surface area contributed by atoms with Gasteiger partial charge in [0.2, 0.25) is 0 Å².